The van der Waals surface area contributed by atoms with Crippen LogP contribution >= 0.6 is 23.5 Å². The summed E-state index contributed by atoms with van der Waals surface area (Å²) >= 11 is 4.05. The van der Waals surface area contributed by atoms with Crippen LogP contribution in [0.25, 0.3) is 5.69 Å². The molecule has 1 aliphatic heterocycles. The van der Waals surface area contributed by atoms with Gasteiger partial charge in [-0.3, -0.25) is 0 Å². The molecule has 0 bridgehead atoms. The quantitative estimate of drug-likeness (QED) is 0.824. The Morgan fingerprint density at radius 1 is 1.17 bits per heavy atom. The first kappa shape index (κ1) is 12.2. The lowest BCUT2D eigenvalue weighted by molar-refractivity contribution is 0.856. The number of rotatable bonds is 2. The van der Waals surface area contributed by atoms with Crippen molar-refractivity contribution in [2.24, 2.45) is 0 Å². The molecular formula is C14H16N2S2. The van der Waals surface area contributed by atoms with Crippen LogP contribution in [-0.2, 0) is 0 Å². The van der Waals surface area contributed by atoms with E-state index in [1.54, 1.807) is 0 Å². The zero-order valence-corrected chi connectivity index (χ0v) is 12.0. The molecule has 1 fully saturated rings. The van der Waals surface area contributed by atoms with Crippen LogP contribution in [0.2, 0.25) is 0 Å². The molecule has 0 N–H and O–H groups in total. The molecular weight excluding hydrogens is 260 g/mol. The highest BCUT2D eigenvalue weighted by atomic mass is 32.2. The number of nitrogens with zero attached hydrogens (tertiary/aromatic N) is 2. The van der Waals surface area contributed by atoms with Gasteiger partial charge in [-0.05, 0) is 42.5 Å². The van der Waals surface area contributed by atoms with Crippen LogP contribution < -0.4 is 0 Å². The minimum absolute atomic E-state index is 0.517. The Morgan fingerprint density at radius 3 is 2.61 bits per heavy atom. The average molecular weight is 276 g/mol. The lowest BCUT2D eigenvalue weighted by Crippen LogP contribution is -2.03. The van der Waals surface area contributed by atoms with E-state index in [1.165, 1.54) is 29.2 Å². The van der Waals surface area contributed by atoms with Gasteiger partial charge < -0.3 is 0 Å². The summed E-state index contributed by atoms with van der Waals surface area (Å²) in [5, 5.41) is 4.78. The molecule has 1 aliphatic rings. The minimum Gasteiger partial charge on any atom is -0.240 e. The molecule has 2 heterocycles. The van der Waals surface area contributed by atoms with Crippen LogP contribution in [0.5, 0.6) is 0 Å². The maximum absolute atomic E-state index is 4.78. The summed E-state index contributed by atoms with van der Waals surface area (Å²) in [6, 6.07) is 10.3. The molecule has 2 aromatic rings. The first-order chi connectivity index (χ1) is 8.84. The molecule has 3 rings (SSSR count). The van der Waals surface area contributed by atoms with Crippen molar-refractivity contribution < 1.29 is 0 Å². The SMILES string of the molecule is Cc1cn(-c2ccccc2)nc1C1SCCCS1. The Morgan fingerprint density at radius 2 is 1.89 bits per heavy atom. The van der Waals surface area contributed by atoms with Crippen molar-refractivity contribution in [1.29, 1.82) is 0 Å². The smallest absolute Gasteiger partial charge is 0.0943 e. The molecule has 0 spiro atoms. The first-order valence-electron chi connectivity index (χ1n) is 6.19. The average Bonchev–Trinajstić information content (AvgIpc) is 2.83. The Hall–Kier alpha value is -0.870. The summed E-state index contributed by atoms with van der Waals surface area (Å²) in [4.78, 5) is 0. The zero-order chi connectivity index (χ0) is 12.4. The van der Waals surface area contributed by atoms with Gasteiger partial charge >= 0.3 is 0 Å². The Labute approximate surface area is 116 Å². The third kappa shape index (κ3) is 2.45. The fraction of sp³-hybridized carbons (Fsp3) is 0.357. The van der Waals surface area contributed by atoms with E-state index in [1.807, 2.05) is 34.3 Å². The number of hydrogen-bond donors (Lipinski definition) is 0. The van der Waals surface area contributed by atoms with Crippen molar-refractivity contribution in [2.75, 3.05) is 11.5 Å². The number of hydrogen-bond acceptors (Lipinski definition) is 3. The first-order valence-corrected chi connectivity index (χ1v) is 8.29. The van der Waals surface area contributed by atoms with Gasteiger partial charge in [0, 0.05) is 6.20 Å². The molecule has 0 radical (unpaired) electrons. The Balaban J connectivity index is 1.91. The van der Waals surface area contributed by atoms with Crippen molar-refractivity contribution in [1.82, 2.24) is 9.78 Å². The normalized spacial score (nSPS) is 16.9. The molecule has 94 valence electrons. The van der Waals surface area contributed by atoms with Gasteiger partial charge in [-0.2, -0.15) is 5.10 Å². The highest BCUT2D eigenvalue weighted by molar-refractivity contribution is 8.16. The van der Waals surface area contributed by atoms with Crippen molar-refractivity contribution in [2.45, 2.75) is 17.9 Å². The Kier molecular flexibility index (Phi) is 3.66. The predicted molar refractivity (Wildman–Crippen MR) is 80.6 cm³/mol. The van der Waals surface area contributed by atoms with Gasteiger partial charge in [0.2, 0.25) is 0 Å². The molecule has 1 aromatic heterocycles. The van der Waals surface area contributed by atoms with Crippen LogP contribution in [-0.4, -0.2) is 21.3 Å². The molecule has 0 atom stereocenters. The molecule has 0 aliphatic carbocycles. The van der Waals surface area contributed by atoms with Gasteiger partial charge in [0.05, 0.1) is 16.0 Å². The fourth-order valence-electron chi connectivity index (χ4n) is 2.07. The molecule has 4 heteroatoms. The van der Waals surface area contributed by atoms with E-state index in [-0.39, 0.29) is 0 Å². The van der Waals surface area contributed by atoms with Crippen LogP contribution in [0.4, 0.5) is 0 Å². The zero-order valence-electron chi connectivity index (χ0n) is 10.4. The molecule has 0 amide bonds. The third-order valence-corrected chi connectivity index (χ3v) is 5.92. The van der Waals surface area contributed by atoms with E-state index in [2.05, 4.69) is 37.4 Å². The topological polar surface area (TPSA) is 17.8 Å². The molecule has 0 unspecified atom stereocenters. The Bertz CT molecular complexity index is 516. The van der Waals surface area contributed by atoms with E-state index < -0.39 is 0 Å². The second-order valence-corrected chi connectivity index (χ2v) is 7.13. The maximum Gasteiger partial charge on any atom is 0.0943 e. The van der Waals surface area contributed by atoms with E-state index in [0.29, 0.717) is 4.58 Å². The minimum atomic E-state index is 0.517. The van der Waals surface area contributed by atoms with E-state index in [4.69, 9.17) is 5.10 Å². The summed E-state index contributed by atoms with van der Waals surface area (Å²) in [5.74, 6) is 2.52. The molecule has 0 saturated carbocycles. The van der Waals surface area contributed by atoms with Gasteiger partial charge in [-0.1, -0.05) is 18.2 Å². The van der Waals surface area contributed by atoms with Gasteiger partial charge in [0.1, 0.15) is 0 Å². The second-order valence-electron chi connectivity index (χ2n) is 4.40. The van der Waals surface area contributed by atoms with Crippen LogP contribution in [0.15, 0.2) is 36.5 Å². The summed E-state index contributed by atoms with van der Waals surface area (Å²) in [7, 11) is 0. The maximum atomic E-state index is 4.78. The molecule has 2 nitrogen and oxygen atoms in total. The van der Waals surface area contributed by atoms with Crippen LogP contribution in [0.1, 0.15) is 22.3 Å². The highest BCUT2D eigenvalue weighted by Gasteiger charge is 2.21. The van der Waals surface area contributed by atoms with E-state index in [9.17, 15) is 0 Å². The molecule has 18 heavy (non-hydrogen) atoms. The van der Waals surface area contributed by atoms with Crippen LogP contribution in [0.3, 0.4) is 0 Å². The monoisotopic (exact) mass is 276 g/mol. The van der Waals surface area contributed by atoms with E-state index in [0.717, 1.165) is 5.69 Å². The largest absolute Gasteiger partial charge is 0.240 e. The van der Waals surface area contributed by atoms with Gasteiger partial charge in [0.15, 0.2) is 0 Å². The van der Waals surface area contributed by atoms with Crippen molar-refractivity contribution >= 4 is 23.5 Å². The number of para-hydroxylation sites is 1. The lowest BCUT2D eigenvalue weighted by atomic mass is 10.3. The number of aryl methyl sites for hydroxylation is 1. The molecule has 1 saturated heterocycles. The van der Waals surface area contributed by atoms with Crippen molar-refractivity contribution in [3.05, 3.63) is 47.8 Å². The second kappa shape index (κ2) is 5.41. The van der Waals surface area contributed by atoms with Crippen molar-refractivity contribution in [3.63, 3.8) is 0 Å². The lowest BCUT2D eigenvalue weighted by Gasteiger charge is -2.19. The summed E-state index contributed by atoms with van der Waals surface area (Å²) < 4.78 is 2.52. The number of thioether (sulfide) groups is 2. The van der Waals surface area contributed by atoms with Crippen molar-refractivity contribution in [3.8, 4) is 5.69 Å². The van der Waals surface area contributed by atoms with Crippen LogP contribution in [0, 0.1) is 6.92 Å². The van der Waals surface area contributed by atoms with Gasteiger partial charge in [-0.15, -0.1) is 23.5 Å². The number of benzene rings is 1. The molecule has 1 aromatic carbocycles. The number of aromatic nitrogens is 2. The summed E-state index contributed by atoms with van der Waals surface area (Å²) in [6.45, 7) is 2.16. The predicted octanol–water partition coefficient (Wildman–Crippen LogP) is 4.05. The summed E-state index contributed by atoms with van der Waals surface area (Å²) in [5.41, 5.74) is 3.68. The van der Waals surface area contributed by atoms with Gasteiger partial charge in [0.25, 0.3) is 0 Å². The third-order valence-electron chi connectivity index (χ3n) is 3.01. The van der Waals surface area contributed by atoms with Gasteiger partial charge in [-0.25, -0.2) is 4.68 Å². The highest BCUT2D eigenvalue weighted by Crippen LogP contribution is 2.44. The fourth-order valence-corrected chi connectivity index (χ4v) is 5.04. The summed E-state index contributed by atoms with van der Waals surface area (Å²) in [6.07, 6.45) is 3.46. The van der Waals surface area contributed by atoms with E-state index >= 15 is 0 Å². The standard InChI is InChI=1S/C14H16N2S2/c1-11-10-16(12-6-3-2-4-7-12)15-13(11)14-17-8-5-9-18-14/h2-4,6-7,10,14H,5,8-9H2,1H3.